The fraction of sp³-hybridized carbons (Fsp3) is 0.480. The van der Waals surface area contributed by atoms with Crippen molar-refractivity contribution in [3.05, 3.63) is 42.0 Å². The monoisotopic (exact) mass is 493 g/mol. The third-order valence-corrected chi connectivity index (χ3v) is 9.26. The summed E-state index contributed by atoms with van der Waals surface area (Å²) in [6.45, 7) is 4.88. The van der Waals surface area contributed by atoms with Crippen LogP contribution in [-0.4, -0.2) is 43.8 Å². The molecule has 0 saturated heterocycles. The number of anilines is 2. The second-order valence-corrected chi connectivity index (χ2v) is 11.9. The van der Waals surface area contributed by atoms with Gasteiger partial charge in [-0.15, -0.1) is 11.8 Å². The minimum atomic E-state index is -3.16. The number of aromatic carboxylic acids is 1. The number of phenolic OH excluding ortho intramolecular Hbond substituents is 1. The van der Waals surface area contributed by atoms with Crippen molar-refractivity contribution in [3.8, 4) is 5.75 Å². The molecule has 0 radical (unpaired) electrons. The van der Waals surface area contributed by atoms with Crippen LogP contribution in [0.3, 0.4) is 0 Å². The normalized spacial score (nSPS) is 17.8. The number of carboxylic acids is 1. The summed E-state index contributed by atoms with van der Waals surface area (Å²) in [5.74, 6) is -0.687. The molecule has 0 bridgehead atoms. The Kier molecular flexibility index (Phi) is 8.26. The first-order valence-corrected chi connectivity index (χ1v) is 14.4. The molecule has 0 atom stereocenters. The fourth-order valence-corrected chi connectivity index (χ4v) is 7.38. The van der Waals surface area contributed by atoms with Crippen LogP contribution in [0.2, 0.25) is 0 Å². The lowest BCUT2D eigenvalue weighted by atomic mass is 9.79. The number of thioether (sulfide) groups is 1. The summed E-state index contributed by atoms with van der Waals surface area (Å²) in [5.41, 5.74) is 1.35. The topological polar surface area (TPSA) is 101 Å². The summed E-state index contributed by atoms with van der Waals surface area (Å²) >= 11 is 1.40. The summed E-state index contributed by atoms with van der Waals surface area (Å²) in [5, 5.41) is 19.9. The van der Waals surface area contributed by atoms with Gasteiger partial charge in [0, 0.05) is 29.5 Å². The molecule has 1 aliphatic heterocycles. The van der Waals surface area contributed by atoms with Gasteiger partial charge in [0.15, 0.2) is 0 Å². The summed E-state index contributed by atoms with van der Waals surface area (Å²) in [6.07, 6.45) is 7.63. The Bertz CT molecular complexity index is 970. The molecule has 1 aliphatic rings. The minimum Gasteiger partial charge on any atom is -0.507 e. The largest absolute Gasteiger partial charge is 0.507 e. The molecule has 8 heteroatoms. The fourth-order valence-electron chi connectivity index (χ4n) is 4.69. The molecule has 2 aromatic rings. The van der Waals surface area contributed by atoms with E-state index in [-0.39, 0.29) is 22.5 Å². The zero-order valence-corrected chi connectivity index (χ0v) is 21.2. The van der Waals surface area contributed by atoms with E-state index in [4.69, 9.17) is 0 Å². The number of carbonyl (C=O) groups is 1. The summed E-state index contributed by atoms with van der Waals surface area (Å²) < 4.78 is 22.9. The maximum atomic E-state index is 11.4. The minimum absolute atomic E-state index is 0.0389. The van der Waals surface area contributed by atoms with Crippen LogP contribution in [0, 0.1) is 5.41 Å². The van der Waals surface area contributed by atoms with Gasteiger partial charge in [-0.05, 0) is 49.4 Å². The van der Waals surface area contributed by atoms with E-state index in [1.165, 1.54) is 17.8 Å². The van der Waals surface area contributed by atoms with E-state index >= 15 is 0 Å². The molecule has 0 spiro atoms. The molecule has 0 aliphatic carbocycles. The van der Waals surface area contributed by atoms with Gasteiger partial charge in [0.05, 0.1) is 21.0 Å². The Morgan fingerprint density at radius 1 is 1.09 bits per heavy atom. The smallest absolute Gasteiger partial charge is 0.335 e. The summed E-state index contributed by atoms with van der Waals surface area (Å²) in [7, 11) is -3.16. The SMILES string of the molecule is CCCCC1(CCCC)CN(c2ccc(C(=O)O)cc2)c2cc(SC)c(O)cc2S(O)(O)C1. The molecule has 0 unspecified atom stereocenters. The third-order valence-electron chi connectivity index (χ3n) is 6.45. The van der Waals surface area contributed by atoms with Gasteiger partial charge in [-0.1, -0.05) is 39.5 Å². The summed E-state index contributed by atoms with van der Waals surface area (Å²) in [6, 6.07) is 10.0. The van der Waals surface area contributed by atoms with Crippen LogP contribution in [0.25, 0.3) is 0 Å². The van der Waals surface area contributed by atoms with E-state index < -0.39 is 16.6 Å². The molecule has 0 amide bonds. The first kappa shape index (κ1) is 25.7. The Morgan fingerprint density at radius 3 is 2.21 bits per heavy atom. The van der Waals surface area contributed by atoms with Gasteiger partial charge in [-0.25, -0.2) is 4.79 Å². The lowest BCUT2D eigenvalue weighted by Gasteiger charge is -2.42. The van der Waals surface area contributed by atoms with E-state index in [1.807, 2.05) is 12.3 Å². The van der Waals surface area contributed by atoms with Gasteiger partial charge in [0.1, 0.15) is 5.75 Å². The van der Waals surface area contributed by atoms with Crippen molar-refractivity contribution in [1.82, 2.24) is 0 Å². The molecular weight excluding hydrogens is 458 g/mol. The highest BCUT2D eigenvalue weighted by Crippen LogP contribution is 2.62. The number of carboxylic acid groups (broad SMARTS) is 1. The molecule has 182 valence electrons. The van der Waals surface area contributed by atoms with Crippen LogP contribution in [0.15, 0.2) is 46.2 Å². The second-order valence-electron chi connectivity index (χ2n) is 8.95. The zero-order chi connectivity index (χ0) is 24.2. The lowest BCUT2D eigenvalue weighted by molar-refractivity contribution is 0.0697. The van der Waals surface area contributed by atoms with Crippen molar-refractivity contribution < 1.29 is 24.1 Å². The second kappa shape index (κ2) is 10.6. The molecule has 0 aromatic heterocycles. The van der Waals surface area contributed by atoms with Crippen LogP contribution in [0.1, 0.15) is 62.7 Å². The standard InChI is InChI=1S/C25H35NO5S2/c1-4-6-12-25(13-7-5-2)16-26(19-10-8-18(9-11-19)24(28)29)20-14-22(32-3)21(27)15-23(20)33(30,31)17-25/h8-11,14-15,27,30-31H,4-7,12-13,16-17H2,1-3H3,(H,28,29). The Balaban J connectivity index is 2.22. The highest BCUT2D eigenvalue weighted by atomic mass is 32.3. The molecule has 33 heavy (non-hydrogen) atoms. The Morgan fingerprint density at radius 2 is 1.70 bits per heavy atom. The number of fused-ring (bicyclic) bond motifs is 1. The molecule has 4 N–H and O–H groups in total. The molecule has 0 fully saturated rings. The number of aromatic hydroxyl groups is 1. The van der Waals surface area contributed by atoms with Gasteiger partial charge in [0.25, 0.3) is 0 Å². The quantitative estimate of drug-likeness (QED) is 0.269. The summed E-state index contributed by atoms with van der Waals surface area (Å²) in [4.78, 5) is 14.5. The molecule has 1 heterocycles. The molecule has 3 rings (SSSR count). The van der Waals surface area contributed by atoms with Crippen molar-refractivity contribution >= 4 is 39.7 Å². The molecule has 0 saturated carbocycles. The van der Waals surface area contributed by atoms with E-state index in [2.05, 4.69) is 18.7 Å². The first-order chi connectivity index (χ1) is 15.7. The van der Waals surface area contributed by atoms with Crippen LogP contribution < -0.4 is 4.90 Å². The first-order valence-electron chi connectivity index (χ1n) is 11.4. The number of rotatable bonds is 9. The number of unbranched alkanes of at least 4 members (excludes halogenated alkanes) is 2. The number of hydrogen-bond donors (Lipinski definition) is 4. The predicted octanol–water partition coefficient (Wildman–Crippen LogP) is 7.44. The average Bonchev–Trinajstić information content (AvgIpc) is 2.88. The third kappa shape index (κ3) is 5.62. The van der Waals surface area contributed by atoms with Crippen LogP contribution in [0.5, 0.6) is 5.75 Å². The molecular formula is C25H35NO5S2. The molecule has 6 nitrogen and oxygen atoms in total. The maximum Gasteiger partial charge on any atom is 0.335 e. The average molecular weight is 494 g/mol. The Hall–Kier alpha value is -1.87. The molecule has 2 aromatic carbocycles. The van der Waals surface area contributed by atoms with Crippen LogP contribution >= 0.6 is 22.4 Å². The number of nitrogens with zero attached hydrogens (tertiary/aromatic N) is 1. The lowest BCUT2D eigenvalue weighted by Crippen LogP contribution is -2.37. The van der Waals surface area contributed by atoms with Gasteiger partial charge in [0.2, 0.25) is 0 Å². The number of hydrogen-bond acceptors (Lipinski definition) is 6. The van der Waals surface area contributed by atoms with Crippen LogP contribution in [0.4, 0.5) is 11.4 Å². The van der Waals surface area contributed by atoms with Crippen molar-refractivity contribution in [2.45, 2.75) is 62.2 Å². The van der Waals surface area contributed by atoms with E-state index in [0.29, 0.717) is 22.0 Å². The number of phenols is 1. The highest BCUT2D eigenvalue weighted by Gasteiger charge is 2.42. The van der Waals surface area contributed by atoms with E-state index in [9.17, 15) is 24.1 Å². The number of benzene rings is 2. The van der Waals surface area contributed by atoms with Crippen LogP contribution in [-0.2, 0) is 0 Å². The van der Waals surface area contributed by atoms with Gasteiger partial charge in [-0.3, -0.25) is 9.11 Å². The maximum absolute atomic E-state index is 11.4. The van der Waals surface area contributed by atoms with Gasteiger partial charge in [-0.2, -0.15) is 10.6 Å². The van der Waals surface area contributed by atoms with Gasteiger partial charge < -0.3 is 15.1 Å². The van der Waals surface area contributed by atoms with Crippen molar-refractivity contribution in [3.63, 3.8) is 0 Å². The predicted molar refractivity (Wildman–Crippen MR) is 138 cm³/mol. The van der Waals surface area contributed by atoms with E-state index in [1.54, 1.807) is 24.3 Å². The highest BCUT2D eigenvalue weighted by molar-refractivity contribution is 8.24. The van der Waals surface area contributed by atoms with Crippen molar-refractivity contribution in [1.29, 1.82) is 0 Å². The van der Waals surface area contributed by atoms with Crippen molar-refractivity contribution in [2.75, 3.05) is 23.5 Å². The van der Waals surface area contributed by atoms with Crippen molar-refractivity contribution in [2.24, 2.45) is 5.41 Å². The Labute approximate surface area is 202 Å². The van der Waals surface area contributed by atoms with Gasteiger partial charge >= 0.3 is 5.97 Å². The zero-order valence-electron chi connectivity index (χ0n) is 19.6. The van der Waals surface area contributed by atoms with E-state index in [0.717, 1.165) is 44.2 Å².